The van der Waals surface area contributed by atoms with Gasteiger partial charge < -0.3 is 10.4 Å². The van der Waals surface area contributed by atoms with Gasteiger partial charge in [0.1, 0.15) is 5.82 Å². The highest BCUT2D eigenvalue weighted by Gasteiger charge is 2.27. The fraction of sp³-hybridized carbons (Fsp3) is 0.316. The van der Waals surface area contributed by atoms with E-state index < -0.39 is 0 Å². The third-order valence-electron chi connectivity index (χ3n) is 4.45. The summed E-state index contributed by atoms with van der Waals surface area (Å²) in [7, 11) is 0. The Morgan fingerprint density at radius 1 is 1.21 bits per heavy atom. The molecule has 3 rings (SSSR count). The fourth-order valence-electron chi connectivity index (χ4n) is 3.15. The third-order valence-corrected chi connectivity index (χ3v) is 4.45. The number of hydrogen-bond acceptors (Lipinski definition) is 3. The minimum atomic E-state index is -0.289. The van der Waals surface area contributed by atoms with Gasteiger partial charge in [-0.3, -0.25) is 9.69 Å². The number of rotatable bonds is 5. The molecule has 5 heteroatoms. The van der Waals surface area contributed by atoms with E-state index in [1.807, 2.05) is 23.1 Å². The Hall–Kier alpha value is -2.24. The van der Waals surface area contributed by atoms with Gasteiger partial charge in [0.15, 0.2) is 0 Å². The maximum Gasteiger partial charge on any atom is 0.234 e. The predicted molar refractivity (Wildman–Crippen MR) is 89.8 cm³/mol. The summed E-state index contributed by atoms with van der Waals surface area (Å²) in [4.78, 5) is 14.2. The average molecular weight is 328 g/mol. The number of nitrogens with one attached hydrogen (secondary N) is 1. The van der Waals surface area contributed by atoms with Crippen LogP contribution in [-0.2, 0) is 17.8 Å². The van der Waals surface area contributed by atoms with E-state index in [1.54, 1.807) is 12.1 Å². The second-order valence-corrected chi connectivity index (χ2v) is 6.02. The molecule has 0 fully saturated rings. The number of carbonyl (C=O) groups is 1. The van der Waals surface area contributed by atoms with Crippen molar-refractivity contribution in [3.05, 3.63) is 71.0 Å². The highest BCUT2D eigenvalue weighted by Crippen LogP contribution is 2.28. The van der Waals surface area contributed by atoms with Gasteiger partial charge >= 0.3 is 0 Å². The second kappa shape index (κ2) is 7.55. The number of carbonyl (C=O) groups excluding carboxylic acids is 1. The van der Waals surface area contributed by atoms with Crippen molar-refractivity contribution >= 4 is 5.91 Å². The summed E-state index contributed by atoms with van der Waals surface area (Å²) in [6.07, 6.45) is 0.873. The second-order valence-electron chi connectivity index (χ2n) is 6.02. The topological polar surface area (TPSA) is 52.6 Å². The number of hydrogen-bond donors (Lipinski definition) is 2. The minimum absolute atomic E-state index is 0.0117. The minimum Gasteiger partial charge on any atom is -0.394 e. The fourth-order valence-corrected chi connectivity index (χ4v) is 3.15. The molecule has 1 aliphatic rings. The lowest BCUT2D eigenvalue weighted by atomic mass is 9.93. The molecule has 1 amide bonds. The molecule has 0 saturated heterocycles. The first kappa shape index (κ1) is 16.6. The molecule has 2 N–H and O–H groups in total. The van der Waals surface area contributed by atoms with Crippen LogP contribution >= 0.6 is 0 Å². The molecule has 2 aromatic carbocycles. The van der Waals surface area contributed by atoms with Crippen LogP contribution in [0.1, 0.15) is 22.7 Å². The van der Waals surface area contributed by atoms with Crippen LogP contribution in [0.3, 0.4) is 0 Å². The van der Waals surface area contributed by atoms with Gasteiger partial charge in [0.25, 0.3) is 0 Å². The van der Waals surface area contributed by atoms with Crippen LogP contribution in [0.2, 0.25) is 0 Å². The van der Waals surface area contributed by atoms with Crippen molar-refractivity contribution in [2.45, 2.75) is 19.0 Å². The smallest absolute Gasteiger partial charge is 0.234 e. The first-order valence-corrected chi connectivity index (χ1v) is 8.11. The van der Waals surface area contributed by atoms with E-state index in [-0.39, 0.29) is 30.9 Å². The van der Waals surface area contributed by atoms with Crippen molar-refractivity contribution in [3.8, 4) is 0 Å². The van der Waals surface area contributed by atoms with Crippen LogP contribution < -0.4 is 5.32 Å². The summed E-state index contributed by atoms with van der Waals surface area (Å²) in [5.41, 5.74) is 3.18. The van der Waals surface area contributed by atoms with Gasteiger partial charge in [-0.25, -0.2) is 4.39 Å². The number of amides is 1. The zero-order valence-corrected chi connectivity index (χ0v) is 13.4. The van der Waals surface area contributed by atoms with Crippen LogP contribution in [0.15, 0.2) is 48.5 Å². The Morgan fingerprint density at radius 3 is 2.71 bits per heavy atom. The van der Waals surface area contributed by atoms with Crippen LogP contribution in [0.4, 0.5) is 4.39 Å². The summed E-state index contributed by atoms with van der Waals surface area (Å²) >= 11 is 0. The van der Waals surface area contributed by atoms with Gasteiger partial charge in [-0.1, -0.05) is 36.4 Å². The van der Waals surface area contributed by atoms with E-state index >= 15 is 0 Å². The molecule has 0 aliphatic carbocycles. The summed E-state index contributed by atoms with van der Waals surface area (Å²) < 4.78 is 12.9. The lowest BCUT2D eigenvalue weighted by molar-refractivity contribution is -0.123. The molecule has 24 heavy (non-hydrogen) atoms. The first-order valence-electron chi connectivity index (χ1n) is 8.11. The maximum atomic E-state index is 12.9. The Labute approximate surface area is 140 Å². The Kier molecular flexibility index (Phi) is 5.23. The molecule has 1 atom stereocenters. The molecule has 0 saturated carbocycles. The van der Waals surface area contributed by atoms with Crippen LogP contribution in [0.25, 0.3) is 0 Å². The summed E-state index contributed by atoms with van der Waals surface area (Å²) in [5, 5.41) is 12.6. The lowest BCUT2D eigenvalue weighted by Gasteiger charge is -2.35. The summed E-state index contributed by atoms with van der Waals surface area (Å²) in [5.74, 6) is -0.389. The van der Waals surface area contributed by atoms with E-state index in [4.69, 9.17) is 0 Å². The van der Waals surface area contributed by atoms with Crippen molar-refractivity contribution < 1.29 is 14.3 Å². The number of halogens is 1. The standard InChI is InChI=1S/C19H21FN2O2/c20-16-7-5-14(6-8-16)11-21-19(24)12-22-10-9-15-3-1-2-4-17(15)18(22)13-23/h1-8,18,23H,9-13H2,(H,21,24). The van der Waals surface area contributed by atoms with Crippen LogP contribution in [-0.4, -0.2) is 35.6 Å². The van der Waals surface area contributed by atoms with Gasteiger partial charge in [0.2, 0.25) is 5.91 Å². The molecule has 0 radical (unpaired) electrons. The number of benzene rings is 2. The molecule has 0 spiro atoms. The van der Waals surface area contributed by atoms with Gasteiger partial charge in [0, 0.05) is 13.1 Å². The lowest BCUT2D eigenvalue weighted by Crippen LogP contribution is -2.43. The molecule has 126 valence electrons. The Bertz CT molecular complexity index is 703. The van der Waals surface area contributed by atoms with E-state index in [0.717, 1.165) is 24.1 Å². The van der Waals surface area contributed by atoms with Gasteiger partial charge in [-0.05, 0) is 35.2 Å². The maximum absolute atomic E-state index is 12.9. The van der Waals surface area contributed by atoms with E-state index in [2.05, 4.69) is 11.4 Å². The van der Waals surface area contributed by atoms with E-state index in [9.17, 15) is 14.3 Å². The Balaban J connectivity index is 1.59. The molecule has 2 aromatic rings. The first-order chi connectivity index (χ1) is 11.7. The Morgan fingerprint density at radius 2 is 1.96 bits per heavy atom. The molecule has 0 aromatic heterocycles. The van der Waals surface area contributed by atoms with Crippen molar-refractivity contribution in [2.24, 2.45) is 0 Å². The quantitative estimate of drug-likeness (QED) is 0.883. The van der Waals surface area contributed by atoms with Crippen LogP contribution in [0, 0.1) is 5.82 Å². The number of nitrogens with zero attached hydrogens (tertiary/aromatic N) is 1. The zero-order chi connectivity index (χ0) is 16.9. The molecular weight excluding hydrogens is 307 g/mol. The highest BCUT2D eigenvalue weighted by molar-refractivity contribution is 5.78. The summed E-state index contributed by atoms with van der Waals surface area (Å²) in [6.45, 7) is 1.34. The van der Waals surface area contributed by atoms with Gasteiger partial charge in [-0.15, -0.1) is 0 Å². The predicted octanol–water partition coefficient (Wildman–Crippen LogP) is 2.03. The largest absolute Gasteiger partial charge is 0.394 e. The molecule has 0 bridgehead atoms. The van der Waals surface area contributed by atoms with Gasteiger partial charge in [0.05, 0.1) is 19.2 Å². The third kappa shape index (κ3) is 3.80. The highest BCUT2D eigenvalue weighted by atomic mass is 19.1. The van der Waals surface area contributed by atoms with Crippen molar-refractivity contribution in [2.75, 3.05) is 19.7 Å². The number of aliphatic hydroxyl groups is 1. The zero-order valence-electron chi connectivity index (χ0n) is 13.4. The number of aliphatic hydroxyl groups excluding tert-OH is 1. The van der Waals surface area contributed by atoms with Gasteiger partial charge in [-0.2, -0.15) is 0 Å². The van der Waals surface area contributed by atoms with Crippen molar-refractivity contribution in [1.82, 2.24) is 10.2 Å². The molecular formula is C19H21FN2O2. The molecule has 1 heterocycles. The molecule has 1 unspecified atom stereocenters. The average Bonchev–Trinajstić information content (AvgIpc) is 2.61. The molecule has 1 aliphatic heterocycles. The SMILES string of the molecule is O=C(CN1CCc2ccccc2C1CO)NCc1ccc(F)cc1. The monoisotopic (exact) mass is 328 g/mol. The number of fused-ring (bicyclic) bond motifs is 1. The van der Waals surface area contributed by atoms with Crippen molar-refractivity contribution in [3.63, 3.8) is 0 Å². The van der Waals surface area contributed by atoms with E-state index in [1.165, 1.54) is 17.7 Å². The normalized spacial score (nSPS) is 17.3. The van der Waals surface area contributed by atoms with Crippen molar-refractivity contribution in [1.29, 1.82) is 0 Å². The van der Waals surface area contributed by atoms with E-state index in [0.29, 0.717) is 6.54 Å². The van der Waals surface area contributed by atoms with Crippen LogP contribution in [0.5, 0.6) is 0 Å². The summed E-state index contributed by atoms with van der Waals surface area (Å²) in [6, 6.07) is 14.0. The molecule has 4 nitrogen and oxygen atoms in total.